The van der Waals surface area contributed by atoms with Gasteiger partial charge < -0.3 is 20.4 Å². The van der Waals surface area contributed by atoms with E-state index in [2.05, 4.69) is 16.0 Å². The first-order chi connectivity index (χ1) is 16.4. The average molecular weight is 474 g/mol. The van der Waals surface area contributed by atoms with E-state index >= 15 is 0 Å². The Bertz CT molecular complexity index is 1350. The molecule has 0 radical (unpaired) electrons. The lowest BCUT2D eigenvalue weighted by Gasteiger charge is -2.14. The summed E-state index contributed by atoms with van der Waals surface area (Å²) >= 11 is 5.88. The molecule has 0 bridgehead atoms. The molecule has 1 heterocycles. The van der Waals surface area contributed by atoms with Gasteiger partial charge in [0.25, 0.3) is 17.7 Å². The van der Waals surface area contributed by atoms with Gasteiger partial charge in [-0.3, -0.25) is 14.4 Å². The van der Waals surface area contributed by atoms with Gasteiger partial charge in [0.1, 0.15) is 0 Å². The molecule has 0 aliphatic heterocycles. The number of benzene rings is 3. The third kappa shape index (κ3) is 5.33. The number of hydrogen-bond acceptors (Lipinski definition) is 4. The number of carbonyl (C=O) groups is 3. The Morgan fingerprint density at radius 2 is 1.26 bits per heavy atom. The van der Waals surface area contributed by atoms with E-state index in [9.17, 15) is 14.4 Å². The van der Waals surface area contributed by atoms with Crippen molar-refractivity contribution < 1.29 is 18.8 Å². The first-order valence-electron chi connectivity index (χ1n) is 10.3. The minimum absolute atomic E-state index is 0.166. The third-order valence-electron chi connectivity index (χ3n) is 5.02. The minimum Gasteiger partial charge on any atom is -0.459 e. The Labute approximate surface area is 200 Å². The van der Waals surface area contributed by atoms with Gasteiger partial charge in [0.2, 0.25) is 0 Å². The van der Waals surface area contributed by atoms with Gasteiger partial charge in [0, 0.05) is 21.8 Å². The van der Waals surface area contributed by atoms with Crippen molar-refractivity contribution >= 4 is 46.4 Å². The normalized spacial score (nSPS) is 10.4. The summed E-state index contributed by atoms with van der Waals surface area (Å²) in [7, 11) is 0. The lowest BCUT2D eigenvalue weighted by molar-refractivity contribution is 0.0992. The summed E-state index contributed by atoms with van der Waals surface area (Å²) in [5.41, 5.74) is 2.90. The monoisotopic (exact) mass is 473 g/mol. The van der Waals surface area contributed by atoms with Crippen LogP contribution in [-0.2, 0) is 0 Å². The van der Waals surface area contributed by atoms with Crippen LogP contribution in [0.15, 0.2) is 89.5 Å². The Morgan fingerprint density at radius 1 is 0.676 bits per heavy atom. The molecule has 8 heteroatoms. The number of para-hydroxylation sites is 2. The van der Waals surface area contributed by atoms with Crippen LogP contribution in [0, 0.1) is 6.92 Å². The van der Waals surface area contributed by atoms with Crippen LogP contribution in [0.1, 0.15) is 36.8 Å². The van der Waals surface area contributed by atoms with Gasteiger partial charge in [-0.15, -0.1) is 0 Å². The first kappa shape index (κ1) is 22.8. The molecule has 0 aliphatic carbocycles. The summed E-state index contributed by atoms with van der Waals surface area (Å²) in [6.07, 6.45) is 1.41. The number of amides is 3. The topological polar surface area (TPSA) is 100 Å². The summed E-state index contributed by atoms with van der Waals surface area (Å²) in [5.74, 6) is -0.987. The Hall–Kier alpha value is -4.36. The van der Waals surface area contributed by atoms with Crippen LogP contribution in [0.5, 0.6) is 0 Å². The largest absolute Gasteiger partial charge is 0.459 e. The maximum atomic E-state index is 13.0. The summed E-state index contributed by atoms with van der Waals surface area (Å²) < 4.78 is 5.11. The standard InChI is InChI=1S/C26H20ClN3O4/c1-16-8-9-18(15-22(16)30-26(33)23-7-4-14-34-23)25(32)29-21-6-3-2-5-20(21)28-24(31)17-10-12-19(27)13-11-17/h2-15H,1H3,(H,28,31)(H,29,32)(H,30,33). The van der Waals surface area contributed by atoms with Gasteiger partial charge in [-0.05, 0) is 73.2 Å². The highest BCUT2D eigenvalue weighted by atomic mass is 35.5. The Balaban J connectivity index is 1.50. The molecule has 0 fully saturated rings. The number of carbonyl (C=O) groups excluding carboxylic acids is 3. The molecule has 4 aromatic rings. The number of aryl methyl sites for hydroxylation is 1. The highest BCUT2D eigenvalue weighted by molar-refractivity contribution is 6.30. The van der Waals surface area contributed by atoms with E-state index < -0.39 is 11.8 Å². The van der Waals surface area contributed by atoms with Crippen LogP contribution >= 0.6 is 11.6 Å². The van der Waals surface area contributed by atoms with Gasteiger partial charge in [0.05, 0.1) is 17.6 Å². The van der Waals surface area contributed by atoms with Crippen molar-refractivity contribution in [1.29, 1.82) is 0 Å². The predicted octanol–water partition coefficient (Wildman–Crippen LogP) is 6.00. The van der Waals surface area contributed by atoms with Gasteiger partial charge in [-0.2, -0.15) is 0 Å². The quantitative estimate of drug-likeness (QED) is 0.320. The molecule has 3 aromatic carbocycles. The van der Waals surface area contributed by atoms with Gasteiger partial charge in [0.15, 0.2) is 5.76 Å². The van der Waals surface area contributed by atoms with E-state index in [0.717, 1.165) is 5.56 Å². The molecule has 0 saturated carbocycles. The number of halogens is 1. The van der Waals surface area contributed by atoms with Crippen molar-refractivity contribution in [3.63, 3.8) is 0 Å². The summed E-state index contributed by atoms with van der Waals surface area (Å²) in [4.78, 5) is 37.9. The molecule has 7 nitrogen and oxygen atoms in total. The highest BCUT2D eigenvalue weighted by Crippen LogP contribution is 2.24. The summed E-state index contributed by atoms with van der Waals surface area (Å²) in [5, 5.41) is 8.90. The fraction of sp³-hybridized carbons (Fsp3) is 0.0385. The van der Waals surface area contributed by atoms with Crippen molar-refractivity contribution in [3.05, 3.63) is 113 Å². The molecule has 3 amide bonds. The van der Waals surface area contributed by atoms with E-state index in [1.54, 1.807) is 78.9 Å². The molecule has 34 heavy (non-hydrogen) atoms. The van der Waals surface area contributed by atoms with E-state index in [1.165, 1.54) is 6.26 Å². The average Bonchev–Trinajstić information content (AvgIpc) is 3.37. The highest BCUT2D eigenvalue weighted by Gasteiger charge is 2.15. The molecule has 0 atom stereocenters. The van der Waals surface area contributed by atoms with Crippen LogP contribution in [0.4, 0.5) is 17.1 Å². The zero-order valence-corrected chi connectivity index (χ0v) is 18.8. The SMILES string of the molecule is Cc1ccc(C(=O)Nc2ccccc2NC(=O)c2ccc(Cl)cc2)cc1NC(=O)c1ccco1. The van der Waals surface area contributed by atoms with E-state index in [0.29, 0.717) is 33.2 Å². The van der Waals surface area contributed by atoms with Gasteiger partial charge in [-0.1, -0.05) is 29.8 Å². The maximum absolute atomic E-state index is 13.0. The van der Waals surface area contributed by atoms with Crippen molar-refractivity contribution in [2.24, 2.45) is 0 Å². The molecule has 0 aliphatic rings. The second-order valence-corrected chi connectivity index (χ2v) is 7.86. The molecule has 1 aromatic heterocycles. The molecule has 0 unspecified atom stereocenters. The Morgan fingerprint density at radius 3 is 1.88 bits per heavy atom. The van der Waals surface area contributed by atoms with Crippen molar-refractivity contribution in [3.8, 4) is 0 Å². The number of rotatable bonds is 6. The second-order valence-electron chi connectivity index (χ2n) is 7.42. The number of furan rings is 1. The fourth-order valence-corrected chi connectivity index (χ4v) is 3.31. The lowest BCUT2D eigenvalue weighted by Crippen LogP contribution is -2.17. The number of nitrogens with one attached hydrogen (secondary N) is 3. The molecule has 170 valence electrons. The van der Waals surface area contributed by atoms with E-state index in [1.807, 2.05) is 6.92 Å². The predicted molar refractivity (Wildman–Crippen MR) is 132 cm³/mol. The second kappa shape index (κ2) is 10.1. The fourth-order valence-electron chi connectivity index (χ4n) is 3.18. The Kier molecular flexibility index (Phi) is 6.75. The van der Waals surface area contributed by atoms with Crippen molar-refractivity contribution in [1.82, 2.24) is 0 Å². The molecule has 0 spiro atoms. The van der Waals surface area contributed by atoms with E-state index in [4.69, 9.17) is 16.0 Å². The van der Waals surface area contributed by atoms with Crippen LogP contribution in [-0.4, -0.2) is 17.7 Å². The van der Waals surface area contributed by atoms with E-state index in [-0.39, 0.29) is 11.7 Å². The summed E-state index contributed by atoms with van der Waals surface area (Å²) in [6.45, 7) is 1.82. The van der Waals surface area contributed by atoms with Gasteiger partial charge in [-0.25, -0.2) is 0 Å². The van der Waals surface area contributed by atoms with Crippen LogP contribution in [0.2, 0.25) is 5.02 Å². The minimum atomic E-state index is -0.416. The molecule has 4 rings (SSSR count). The van der Waals surface area contributed by atoms with Crippen LogP contribution in [0.3, 0.4) is 0 Å². The lowest BCUT2D eigenvalue weighted by atomic mass is 10.1. The smallest absolute Gasteiger partial charge is 0.291 e. The molecule has 0 saturated heterocycles. The number of anilines is 3. The van der Waals surface area contributed by atoms with Gasteiger partial charge >= 0.3 is 0 Å². The third-order valence-corrected chi connectivity index (χ3v) is 5.27. The zero-order chi connectivity index (χ0) is 24.1. The summed E-state index contributed by atoms with van der Waals surface area (Å²) in [6, 6.07) is 21.5. The van der Waals surface area contributed by atoms with Crippen molar-refractivity contribution in [2.75, 3.05) is 16.0 Å². The zero-order valence-electron chi connectivity index (χ0n) is 18.1. The first-order valence-corrected chi connectivity index (χ1v) is 10.7. The molecular formula is C26H20ClN3O4. The van der Waals surface area contributed by atoms with Crippen LogP contribution < -0.4 is 16.0 Å². The molecule has 3 N–H and O–H groups in total. The van der Waals surface area contributed by atoms with Crippen LogP contribution in [0.25, 0.3) is 0 Å². The number of hydrogen-bond donors (Lipinski definition) is 3. The maximum Gasteiger partial charge on any atom is 0.291 e. The van der Waals surface area contributed by atoms with Crippen molar-refractivity contribution in [2.45, 2.75) is 6.92 Å². The molecular weight excluding hydrogens is 454 g/mol.